The number of sulfonamides is 1. The zero-order valence-corrected chi connectivity index (χ0v) is 16.6. The van der Waals surface area contributed by atoms with Crippen LogP contribution in [-0.4, -0.2) is 54.7 Å². The predicted octanol–water partition coefficient (Wildman–Crippen LogP) is 1.16. The molecule has 0 atom stereocenters. The maximum absolute atomic E-state index is 12.8. The molecule has 8 nitrogen and oxygen atoms in total. The van der Waals surface area contributed by atoms with Crippen molar-refractivity contribution in [3.8, 4) is 0 Å². The number of nitrogens with zero attached hydrogens (tertiary/aromatic N) is 2. The fraction of sp³-hybridized carbons (Fsp3) is 0.200. The summed E-state index contributed by atoms with van der Waals surface area (Å²) in [5.74, 6) is -1.04. The average molecular weight is 415 g/mol. The van der Waals surface area contributed by atoms with Crippen LogP contribution in [0.25, 0.3) is 0 Å². The van der Waals surface area contributed by atoms with Crippen LogP contribution in [-0.2, 0) is 26.2 Å². The smallest absolute Gasteiger partial charge is 0.277 e. The van der Waals surface area contributed by atoms with Gasteiger partial charge in [-0.05, 0) is 29.8 Å². The van der Waals surface area contributed by atoms with E-state index in [1.165, 1.54) is 35.6 Å². The second-order valence-electron chi connectivity index (χ2n) is 6.47. The molecule has 0 bridgehead atoms. The van der Waals surface area contributed by atoms with E-state index in [-0.39, 0.29) is 30.3 Å². The normalized spacial score (nSPS) is 14.4. The van der Waals surface area contributed by atoms with Gasteiger partial charge in [-0.2, -0.15) is 4.31 Å². The topological polar surface area (TPSA) is 107 Å². The second kappa shape index (κ2) is 8.56. The van der Waals surface area contributed by atoms with E-state index in [0.29, 0.717) is 5.69 Å². The van der Waals surface area contributed by atoms with Crippen LogP contribution in [0.15, 0.2) is 71.3 Å². The molecule has 2 aromatic carbocycles. The van der Waals surface area contributed by atoms with Gasteiger partial charge in [-0.3, -0.25) is 14.5 Å². The van der Waals surface area contributed by atoms with E-state index in [0.717, 1.165) is 16.5 Å². The zero-order chi connectivity index (χ0) is 21.0. The van der Waals surface area contributed by atoms with E-state index < -0.39 is 21.8 Å². The molecule has 1 heterocycles. The Hall–Kier alpha value is -3.01. The van der Waals surface area contributed by atoms with Crippen molar-refractivity contribution in [1.82, 2.24) is 9.21 Å². The first kappa shape index (κ1) is 20.7. The van der Waals surface area contributed by atoms with Crippen LogP contribution in [0.3, 0.4) is 0 Å². The van der Waals surface area contributed by atoms with Crippen LogP contribution in [0.2, 0.25) is 0 Å². The van der Waals surface area contributed by atoms with Crippen LogP contribution < -0.4 is 5.32 Å². The molecule has 29 heavy (non-hydrogen) atoms. The van der Waals surface area contributed by atoms with Gasteiger partial charge < -0.3 is 10.4 Å². The molecular weight excluding hydrogens is 394 g/mol. The average Bonchev–Trinajstić information content (AvgIpc) is 2.97. The highest BCUT2D eigenvalue weighted by molar-refractivity contribution is 7.89. The lowest BCUT2D eigenvalue weighted by Crippen LogP contribution is -2.34. The van der Waals surface area contributed by atoms with Gasteiger partial charge in [0.15, 0.2) is 0 Å². The number of aliphatic hydroxyl groups is 1. The van der Waals surface area contributed by atoms with Crippen molar-refractivity contribution in [1.29, 1.82) is 0 Å². The van der Waals surface area contributed by atoms with Crippen molar-refractivity contribution >= 4 is 27.5 Å². The highest BCUT2D eigenvalue weighted by Crippen LogP contribution is 2.21. The number of β-amino-alcohol motifs (C(OH)–C–C–N with tert-alkyl or cyclic N) is 1. The van der Waals surface area contributed by atoms with Crippen molar-refractivity contribution in [2.24, 2.45) is 0 Å². The number of carbonyl (C=O) groups is 2. The summed E-state index contributed by atoms with van der Waals surface area (Å²) < 4.78 is 26.8. The van der Waals surface area contributed by atoms with Gasteiger partial charge in [0.05, 0.1) is 18.0 Å². The number of imide groups is 1. The minimum absolute atomic E-state index is 0.0697. The first-order valence-electron chi connectivity index (χ1n) is 8.88. The Bertz CT molecular complexity index is 1030. The van der Waals surface area contributed by atoms with Crippen molar-refractivity contribution in [3.63, 3.8) is 0 Å². The lowest BCUT2D eigenvalue weighted by atomic mass is 10.2. The van der Waals surface area contributed by atoms with Gasteiger partial charge in [0, 0.05) is 25.4 Å². The molecule has 1 aliphatic heterocycles. The summed E-state index contributed by atoms with van der Waals surface area (Å²) in [4.78, 5) is 25.0. The first-order valence-corrected chi connectivity index (χ1v) is 10.3. The predicted molar refractivity (Wildman–Crippen MR) is 107 cm³/mol. The molecule has 1 aliphatic rings. The Kier molecular flexibility index (Phi) is 6.12. The Morgan fingerprint density at radius 2 is 1.69 bits per heavy atom. The van der Waals surface area contributed by atoms with Crippen LogP contribution in [0.4, 0.5) is 5.69 Å². The molecule has 0 aromatic heterocycles. The minimum Gasteiger partial charge on any atom is -0.395 e. The van der Waals surface area contributed by atoms with Crippen molar-refractivity contribution in [2.75, 3.05) is 25.5 Å². The molecule has 152 valence electrons. The van der Waals surface area contributed by atoms with Gasteiger partial charge in [0.25, 0.3) is 11.8 Å². The second-order valence-corrected chi connectivity index (χ2v) is 8.52. The van der Waals surface area contributed by atoms with Crippen molar-refractivity contribution in [3.05, 3.63) is 71.9 Å². The van der Waals surface area contributed by atoms with Gasteiger partial charge in [-0.15, -0.1) is 0 Å². The van der Waals surface area contributed by atoms with E-state index >= 15 is 0 Å². The third-order valence-electron chi connectivity index (χ3n) is 4.42. The maximum Gasteiger partial charge on any atom is 0.277 e. The number of hydrogen-bond acceptors (Lipinski definition) is 6. The zero-order valence-electron chi connectivity index (χ0n) is 15.8. The lowest BCUT2D eigenvalue weighted by Gasteiger charge is -2.18. The third-order valence-corrected chi connectivity index (χ3v) is 6.24. The SMILES string of the molecule is CN(Cc1ccccc1)S(=O)(=O)c1ccc(NC2=CC(=O)N(CCO)C2=O)cc1. The van der Waals surface area contributed by atoms with Crippen LogP contribution in [0.5, 0.6) is 0 Å². The number of benzene rings is 2. The fourth-order valence-electron chi connectivity index (χ4n) is 2.88. The molecule has 0 unspecified atom stereocenters. The number of carbonyl (C=O) groups excluding carboxylic acids is 2. The molecular formula is C20H21N3O5S. The Morgan fingerprint density at radius 3 is 2.31 bits per heavy atom. The number of nitrogens with one attached hydrogen (secondary N) is 1. The summed E-state index contributed by atoms with van der Waals surface area (Å²) in [7, 11) is -2.17. The van der Waals surface area contributed by atoms with Gasteiger partial charge in [0.1, 0.15) is 5.70 Å². The number of anilines is 1. The highest BCUT2D eigenvalue weighted by Gasteiger charge is 2.30. The molecule has 9 heteroatoms. The largest absolute Gasteiger partial charge is 0.395 e. The Morgan fingerprint density at radius 1 is 1.03 bits per heavy atom. The molecule has 2 aromatic rings. The van der Waals surface area contributed by atoms with Gasteiger partial charge in [-0.1, -0.05) is 30.3 Å². The highest BCUT2D eigenvalue weighted by atomic mass is 32.2. The molecule has 3 rings (SSSR count). The van der Waals surface area contributed by atoms with Crippen LogP contribution in [0, 0.1) is 0 Å². The van der Waals surface area contributed by atoms with E-state index in [2.05, 4.69) is 5.32 Å². The fourth-order valence-corrected chi connectivity index (χ4v) is 4.04. The van der Waals surface area contributed by atoms with E-state index in [4.69, 9.17) is 5.11 Å². The molecule has 0 aliphatic carbocycles. The first-order chi connectivity index (χ1) is 13.8. The maximum atomic E-state index is 12.8. The summed E-state index contributed by atoms with van der Waals surface area (Å²) >= 11 is 0. The van der Waals surface area contributed by atoms with Crippen LogP contribution >= 0.6 is 0 Å². The standard InChI is InChI=1S/C20H21N3O5S/c1-22(14-15-5-3-2-4-6-15)29(27,28)17-9-7-16(8-10-17)21-18-13-19(25)23(11-12-24)20(18)26/h2-10,13,21,24H,11-12,14H2,1H3. The van der Waals surface area contributed by atoms with Gasteiger partial charge in [-0.25, -0.2) is 8.42 Å². The van der Waals surface area contributed by atoms with E-state index in [1.54, 1.807) is 0 Å². The quantitative estimate of drug-likeness (QED) is 0.627. The number of amides is 2. The molecule has 0 spiro atoms. The molecule has 0 saturated heterocycles. The summed E-state index contributed by atoms with van der Waals surface area (Å²) in [5, 5.41) is 11.7. The number of aliphatic hydroxyl groups excluding tert-OH is 1. The Labute approximate surface area is 169 Å². The molecule has 2 amide bonds. The third kappa shape index (κ3) is 4.53. The summed E-state index contributed by atoms with van der Waals surface area (Å²) in [6, 6.07) is 15.2. The number of hydrogen-bond donors (Lipinski definition) is 2. The van der Waals surface area contributed by atoms with Crippen LogP contribution in [0.1, 0.15) is 5.56 Å². The molecule has 0 fully saturated rings. The van der Waals surface area contributed by atoms with Gasteiger partial charge >= 0.3 is 0 Å². The summed E-state index contributed by atoms with van der Waals surface area (Å²) in [5.41, 5.74) is 1.41. The van der Waals surface area contributed by atoms with Crippen molar-refractivity contribution in [2.45, 2.75) is 11.4 Å². The van der Waals surface area contributed by atoms with E-state index in [9.17, 15) is 18.0 Å². The number of rotatable bonds is 8. The Balaban J connectivity index is 1.70. The lowest BCUT2D eigenvalue weighted by molar-refractivity contribution is -0.137. The minimum atomic E-state index is -3.68. The molecule has 0 saturated carbocycles. The summed E-state index contributed by atoms with van der Waals surface area (Å²) in [6.45, 7) is -0.153. The molecule has 2 N–H and O–H groups in total. The van der Waals surface area contributed by atoms with Gasteiger partial charge in [0.2, 0.25) is 10.0 Å². The monoisotopic (exact) mass is 415 g/mol. The summed E-state index contributed by atoms with van der Waals surface area (Å²) in [6.07, 6.45) is 1.15. The van der Waals surface area contributed by atoms with E-state index in [1.807, 2.05) is 30.3 Å². The molecule has 0 radical (unpaired) electrons. The van der Waals surface area contributed by atoms with Crippen molar-refractivity contribution < 1.29 is 23.1 Å².